The molecule has 0 spiro atoms. The molecule has 0 bridgehead atoms. The number of aryl methyl sites for hydroxylation is 1. The molecule has 1 aromatic heterocycles. The molecule has 1 aromatic rings. The van der Waals surface area contributed by atoms with Gasteiger partial charge in [-0.1, -0.05) is 12.2 Å². The lowest BCUT2D eigenvalue weighted by molar-refractivity contribution is 0.679. The van der Waals surface area contributed by atoms with Crippen molar-refractivity contribution in [2.45, 2.75) is 33.2 Å². The fourth-order valence-corrected chi connectivity index (χ4v) is 2.36. The van der Waals surface area contributed by atoms with Gasteiger partial charge in [0, 0.05) is 25.2 Å². The van der Waals surface area contributed by atoms with Crippen LogP contribution >= 0.6 is 28.1 Å². The maximum atomic E-state index is 5.55. The van der Waals surface area contributed by atoms with E-state index in [0.29, 0.717) is 17.5 Å². The first-order chi connectivity index (χ1) is 7.91. The van der Waals surface area contributed by atoms with Gasteiger partial charge in [-0.15, -0.1) is 0 Å². The molecular formula is C12H18BrN3S. The second-order valence-corrected chi connectivity index (χ2v) is 5.70. The Hall–Kier alpha value is -0.680. The third-order valence-corrected chi connectivity index (χ3v) is 3.24. The molecule has 5 heteroatoms. The van der Waals surface area contributed by atoms with Crippen LogP contribution in [0, 0.1) is 6.92 Å². The zero-order chi connectivity index (χ0) is 13.0. The summed E-state index contributed by atoms with van der Waals surface area (Å²) >= 11 is 8.48. The van der Waals surface area contributed by atoms with Gasteiger partial charge in [0.25, 0.3) is 0 Å². The molecule has 1 rings (SSSR count). The van der Waals surface area contributed by atoms with Crippen molar-refractivity contribution in [1.82, 2.24) is 4.98 Å². The van der Waals surface area contributed by atoms with E-state index in [9.17, 15) is 0 Å². The highest BCUT2D eigenvalue weighted by Gasteiger charge is 2.15. The minimum absolute atomic E-state index is 0.357. The molecule has 0 aromatic carbocycles. The van der Waals surface area contributed by atoms with Gasteiger partial charge in [-0.05, 0) is 48.3 Å². The lowest BCUT2D eigenvalue weighted by Gasteiger charge is -2.28. The Bertz CT molecular complexity index is 407. The van der Waals surface area contributed by atoms with E-state index >= 15 is 0 Å². The third-order valence-electron chi connectivity index (χ3n) is 2.45. The van der Waals surface area contributed by atoms with Crippen molar-refractivity contribution in [1.29, 1.82) is 0 Å². The smallest absolute Gasteiger partial charge is 0.143 e. The lowest BCUT2D eigenvalue weighted by Crippen LogP contribution is -2.34. The number of halogens is 1. The van der Waals surface area contributed by atoms with Crippen LogP contribution in [0.25, 0.3) is 0 Å². The second kappa shape index (κ2) is 6.31. The summed E-state index contributed by atoms with van der Waals surface area (Å²) in [5.74, 6) is 0.946. The fraction of sp³-hybridized carbons (Fsp3) is 0.500. The van der Waals surface area contributed by atoms with E-state index in [0.717, 1.165) is 22.4 Å². The molecule has 0 saturated heterocycles. The standard InChI is InChI=1S/C12H18BrN3S/c1-8(2)16(5-4-11(14)17)12-10(13)6-9(3)7-15-12/h6-8H,4-5H2,1-3H3,(H2,14,17). The molecule has 1 heterocycles. The number of hydrogen-bond acceptors (Lipinski definition) is 3. The molecule has 0 aliphatic carbocycles. The van der Waals surface area contributed by atoms with E-state index in [2.05, 4.69) is 45.7 Å². The van der Waals surface area contributed by atoms with Crippen LogP contribution in [0.2, 0.25) is 0 Å². The molecular weight excluding hydrogens is 298 g/mol. The summed E-state index contributed by atoms with van der Waals surface area (Å²) < 4.78 is 1.01. The molecule has 2 N–H and O–H groups in total. The van der Waals surface area contributed by atoms with Gasteiger partial charge in [0.15, 0.2) is 0 Å². The number of aromatic nitrogens is 1. The van der Waals surface area contributed by atoms with Crippen LogP contribution in [0.5, 0.6) is 0 Å². The molecule has 0 atom stereocenters. The third kappa shape index (κ3) is 4.24. The Balaban J connectivity index is 2.93. The van der Waals surface area contributed by atoms with Crippen molar-refractivity contribution in [3.05, 3.63) is 22.3 Å². The van der Waals surface area contributed by atoms with Gasteiger partial charge in [-0.2, -0.15) is 0 Å². The number of pyridine rings is 1. The van der Waals surface area contributed by atoms with Crippen LogP contribution in [-0.4, -0.2) is 22.6 Å². The van der Waals surface area contributed by atoms with E-state index in [1.54, 1.807) is 0 Å². The number of hydrogen-bond donors (Lipinski definition) is 1. The van der Waals surface area contributed by atoms with E-state index in [1.165, 1.54) is 0 Å². The van der Waals surface area contributed by atoms with Crippen molar-refractivity contribution in [2.24, 2.45) is 5.73 Å². The molecule has 0 saturated carbocycles. The molecule has 17 heavy (non-hydrogen) atoms. The topological polar surface area (TPSA) is 42.2 Å². The van der Waals surface area contributed by atoms with Crippen LogP contribution in [0.15, 0.2) is 16.7 Å². The van der Waals surface area contributed by atoms with E-state index in [4.69, 9.17) is 18.0 Å². The molecule has 0 unspecified atom stereocenters. The number of anilines is 1. The summed E-state index contributed by atoms with van der Waals surface area (Å²) in [6.07, 6.45) is 2.58. The van der Waals surface area contributed by atoms with E-state index in [1.807, 2.05) is 13.1 Å². The van der Waals surface area contributed by atoms with Crippen LogP contribution in [0.1, 0.15) is 25.8 Å². The Labute approximate surface area is 117 Å². The molecule has 0 aliphatic heterocycles. The van der Waals surface area contributed by atoms with Crippen LogP contribution in [0.4, 0.5) is 5.82 Å². The largest absolute Gasteiger partial charge is 0.393 e. The minimum Gasteiger partial charge on any atom is -0.393 e. The maximum Gasteiger partial charge on any atom is 0.143 e. The Kier molecular flexibility index (Phi) is 5.33. The first-order valence-electron chi connectivity index (χ1n) is 5.59. The average molecular weight is 316 g/mol. The van der Waals surface area contributed by atoms with Gasteiger partial charge < -0.3 is 10.6 Å². The van der Waals surface area contributed by atoms with Gasteiger partial charge in [0.05, 0.1) is 9.46 Å². The van der Waals surface area contributed by atoms with Crippen molar-refractivity contribution >= 4 is 39.0 Å². The predicted molar refractivity (Wildman–Crippen MR) is 80.6 cm³/mol. The van der Waals surface area contributed by atoms with Crippen molar-refractivity contribution in [3.63, 3.8) is 0 Å². The van der Waals surface area contributed by atoms with Crippen LogP contribution in [-0.2, 0) is 0 Å². The Morgan fingerprint density at radius 2 is 2.24 bits per heavy atom. The molecule has 3 nitrogen and oxygen atoms in total. The van der Waals surface area contributed by atoms with Gasteiger partial charge in [0.2, 0.25) is 0 Å². The maximum absolute atomic E-state index is 5.55. The summed E-state index contributed by atoms with van der Waals surface area (Å²) in [6.45, 7) is 7.08. The second-order valence-electron chi connectivity index (χ2n) is 4.32. The number of rotatable bonds is 5. The first-order valence-corrected chi connectivity index (χ1v) is 6.79. The predicted octanol–water partition coefficient (Wildman–Crippen LogP) is 3.04. The summed E-state index contributed by atoms with van der Waals surface area (Å²) in [4.78, 5) is 7.21. The monoisotopic (exact) mass is 315 g/mol. The Morgan fingerprint density at radius 3 is 2.71 bits per heavy atom. The van der Waals surface area contributed by atoms with Gasteiger partial charge in [-0.25, -0.2) is 4.98 Å². The van der Waals surface area contributed by atoms with Gasteiger partial charge >= 0.3 is 0 Å². The van der Waals surface area contributed by atoms with E-state index in [-0.39, 0.29) is 0 Å². The van der Waals surface area contributed by atoms with Crippen LogP contribution < -0.4 is 10.6 Å². The quantitative estimate of drug-likeness (QED) is 0.848. The molecule has 0 amide bonds. The summed E-state index contributed by atoms with van der Waals surface area (Å²) in [6, 6.07) is 2.43. The first kappa shape index (κ1) is 14.4. The number of thiocarbonyl (C=S) groups is 1. The highest BCUT2D eigenvalue weighted by atomic mass is 79.9. The SMILES string of the molecule is Cc1cnc(N(CCC(N)=S)C(C)C)c(Br)c1. The zero-order valence-corrected chi connectivity index (χ0v) is 12.8. The summed E-state index contributed by atoms with van der Waals surface area (Å²) in [5, 5.41) is 0. The average Bonchev–Trinajstić information content (AvgIpc) is 2.20. The number of nitrogens with zero attached hydrogens (tertiary/aromatic N) is 2. The normalized spacial score (nSPS) is 10.6. The van der Waals surface area contributed by atoms with E-state index < -0.39 is 0 Å². The molecule has 0 fully saturated rings. The molecule has 0 radical (unpaired) electrons. The van der Waals surface area contributed by atoms with Crippen molar-refractivity contribution in [2.75, 3.05) is 11.4 Å². The number of nitrogens with two attached hydrogens (primary N) is 1. The highest BCUT2D eigenvalue weighted by Crippen LogP contribution is 2.26. The van der Waals surface area contributed by atoms with Gasteiger partial charge in [0.1, 0.15) is 5.82 Å². The molecule has 94 valence electrons. The van der Waals surface area contributed by atoms with Crippen LogP contribution in [0.3, 0.4) is 0 Å². The van der Waals surface area contributed by atoms with Crippen molar-refractivity contribution < 1.29 is 0 Å². The Morgan fingerprint density at radius 1 is 1.59 bits per heavy atom. The highest BCUT2D eigenvalue weighted by molar-refractivity contribution is 9.10. The molecule has 0 aliphatic rings. The lowest BCUT2D eigenvalue weighted by atomic mass is 10.2. The summed E-state index contributed by atoms with van der Waals surface area (Å²) in [5.41, 5.74) is 6.69. The fourth-order valence-electron chi connectivity index (χ4n) is 1.58. The van der Waals surface area contributed by atoms with Gasteiger partial charge in [-0.3, -0.25) is 0 Å². The van der Waals surface area contributed by atoms with Crippen molar-refractivity contribution in [3.8, 4) is 0 Å². The zero-order valence-electron chi connectivity index (χ0n) is 10.4. The minimum atomic E-state index is 0.357. The summed E-state index contributed by atoms with van der Waals surface area (Å²) in [7, 11) is 0.